The van der Waals surface area contributed by atoms with Crippen LogP contribution in [0, 0.1) is 16.7 Å². The number of carbonyl (C=O) groups excluding carboxylic acids is 4. The van der Waals surface area contributed by atoms with Crippen LogP contribution in [0.5, 0.6) is 0 Å². The molecule has 0 unspecified atom stereocenters. The molecule has 2 aromatic rings. The first-order valence-electron chi connectivity index (χ1n) is 18.8. The monoisotopic (exact) mass is 751 g/mol. The number of amides is 5. The van der Waals surface area contributed by atoms with Gasteiger partial charge in [-0.2, -0.15) is 0 Å². The molecule has 0 spiro atoms. The number of alkyl carbamates (subject to hydrolysis) is 1. The molecule has 2 fully saturated rings. The van der Waals surface area contributed by atoms with Gasteiger partial charge >= 0.3 is 12.1 Å². The molecule has 1 aliphatic heterocycles. The molecule has 1 saturated carbocycles. The molecular weight excluding hydrogens is 690 g/mol. The van der Waals surface area contributed by atoms with Crippen LogP contribution in [0.25, 0.3) is 0 Å². The molecule has 1 aromatic carbocycles. The molecule has 4 atom stereocenters. The van der Waals surface area contributed by atoms with Gasteiger partial charge in [0.2, 0.25) is 5.91 Å². The Morgan fingerprint density at radius 3 is 2.17 bits per heavy atom. The van der Waals surface area contributed by atoms with Crippen LogP contribution in [0.1, 0.15) is 85.2 Å². The molecule has 298 valence electrons. The largest absolute Gasteiger partial charge is 0.453 e. The number of carbonyl (C=O) groups is 4. The fraction of sp³-hybridized carbons (Fsp3) is 0.625. The number of hydrazine groups is 1. The van der Waals surface area contributed by atoms with Crippen LogP contribution in [-0.4, -0.2) is 111 Å². The second kappa shape index (κ2) is 17.5. The van der Waals surface area contributed by atoms with Gasteiger partial charge in [-0.05, 0) is 67.6 Å². The zero-order chi connectivity index (χ0) is 40.0. The zero-order valence-corrected chi connectivity index (χ0v) is 33.4. The van der Waals surface area contributed by atoms with Crippen molar-refractivity contribution in [2.75, 3.05) is 33.3 Å². The van der Waals surface area contributed by atoms with Gasteiger partial charge in [0, 0.05) is 26.2 Å². The summed E-state index contributed by atoms with van der Waals surface area (Å²) in [6, 6.07) is 12.0. The molecule has 14 nitrogen and oxygen atoms in total. The van der Waals surface area contributed by atoms with Crippen LogP contribution in [-0.2, 0) is 32.9 Å². The molecule has 14 heteroatoms. The summed E-state index contributed by atoms with van der Waals surface area (Å²) in [5, 5.41) is 29.8. The normalized spacial score (nSPS) is 17.5. The van der Waals surface area contributed by atoms with Gasteiger partial charge in [0.05, 0.1) is 37.2 Å². The van der Waals surface area contributed by atoms with Crippen molar-refractivity contribution in [1.82, 2.24) is 35.9 Å². The Morgan fingerprint density at radius 1 is 0.926 bits per heavy atom. The van der Waals surface area contributed by atoms with Gasteiger partial charge in [-0.3, -0.25) is 20.0 Å². The van der Waals surface area contributed by atoms with Crippen molar-refractivity contribution < 1.29 is 34.1 Å². The van der Waals surface area contributed by atoms with E-state index >= 15 is 0 Å². The maximum atomic E-state index is 14.4. The molecule has 1 aromatic heterocycles. The van der Waals surface area contributed by atoms with Crippen LogP contribution >= 0.6 is 0 Å². The number of nitrogens with one attached hydrogen (secondary N) is 3. The van der Waals surface area contributed by atoms with E-state index < -0.39 is 58.6 Å². The molecule has 1 saturated heterocycles. The lowest BCUT2D eigenvalue weighted by Crippen LogP contribution is -2.61. The van der Waals surface area contributed by atoms with E-state index in [9.17, 15) is 29.4 Å². The third-order valence-corrected chi connectivity index (χ3v) is 9.81. The highest BCUT2D eigenvalue weighted by atomic mass is 16.5. The predicted octanol–water partition coefficient (Wildman–Crippen LogP) is 3.56. The minimum Gasteiger partial charge on any atom is -0.453 e. The standard InChI is InChI=1S/C40H61N7O7/c1-38(2,3)32(43-36(51)54-9)34(49)44-46(23-27-18-19-27)25-30(48)29(22-26-14-11-10-12-15-26)42-35(50)33(39(4,5)6)47-21-20-45(37(47)52)24-28-16-13-17-31(41-28)40(7,8)53/h10-17,27,29-30,32-33,48,53H,18-25H2,1-9H3,(H,42,50)(H,43,51)(H,44,49)/t29-,30-,32+,33+/m0/s1. The van der Waals surface area contributed by atoms with Crippen molar-refractivity contribution >= 4 is 23.9 Å². The smallest absolute Gasteiger partial charge is 0.407 e. The van der Waals surface area contributed by atoms with Crippen LogP contribution in [0.2, 0.25) is 0 Å². The average molecular weight is 752 g/mol. The molecule has 54 heavy (non-hydrogen) atoms. The van der Waals surface area contributed by atoms with Crippen LogP contribution < -0.4 is 16.1 Å². The molecule has 4 rings (SSSR count). The van der Waals surface area contributed by atoms with Gasteiger partial charge in [-0.15, -0.1) is 0 Å². The van der Waals surface area contributed by atoms with Gasteiger partial charge in [0.15, 0.2) is 0 Å². The Kier molecular flexibility index (Phi) is 13.7. The molecule has 5 amide bonds. The van der Waals surface area contributed by atoms with Gasteiger partial charge < -0.3 is 35.4 Å². The molecule has 1 aliphatic carbocycles. The number of hydrogen-bond acceptors (Lipinski definition) is 9. The Labute approximate surface area is 320 Å². The number of aliphatic hydroxyl groups excluding tert-OH is 1. The van der Waals surface area contributed by atoms with E-state index in [1.807, 2.05) is 77.9 Å². The van der Waals surface area contributed by atoms with E-state index in [2.05, 4.69) is 21.0 Å². The van der Waals surface area contributed by atoms with Gasteiger partial charge in [-0.1, -0.05) is 77.9 Å². The average Bonchev–Trinajstić information content (AvgIpc) is 3.83. The highest BCUT2D eigenvalue weighted by Gasteiger charge is 2.45. The van der Waals surface area contributed by atoms with Crippen molar-refractivity contribution in [2.24, 2.45) is 16.7 Å². The van der Waals surface area contributed by atoms with E-state index in [1.165, 1.54) is 7.11 Å². The quantitative estimate of drug-likeness (QED) is 0.161. The Hall–Kier alpha value is -4.27. The SMILES string of the molecule is COC(=O)N[C@H](C(=O)NN(CC1CC1)C[C@H](O)[C@H](Cc1ccccc1)NC(=O)[C@@H](N1CCN(Cc2cccc(C(C)(C)O)n2)C1=O)C(C)(C)C)C(C)(C)C. The minimum absolute atomic E-state index is 0.00240. The first kappa shape index (κ1) is 42.5. The number of rotatable bonds is 16. The fourth-order valence-electron chi connectivity index (χ4n) is 6.71. The van der Waals surface area contributed by atoms with Crippen molar-refractivity contribution in [2.45, 2.75) is 111 Å². The number of hydrogen-bond donors (Lipinski definition) is 5. The lowest BCUT2D eigenvalue weighted by atomic mass is 9.84. The third-order valence-electron chi connectivity index (χ3n) is 9.81. The summed E-state index contributed by atoms with van der Waals surface area (Å²) in [4.78, 5) is 61.9. The summed E-state index contributed by atoms with van der Waals surface area (Å²) in [5.41, 5.74) is 2.51. The van der Waals surface area contributed by atoms with E-state index in [1.54, 1.807) is 40.8 Å². The Bertz CT molecular complexity index is 1600. The maximum absolute atomic E-state index is 14.4. The van der Waals surface area contributed by atoms with Crippen molar-refractivity contribution in [3.8, 4) is 0 Å². The lowest BCUT2D eigenvalue weighted by Gasteiger charge is -2.38. The predicted molar refractivity (Wildman–Crippen MR) is 205 cm³/mol. The van der Waals surface area contributed by atoms with E-state index in [-0.39, 0.29) is 19.1 Å². The number of ether oxygens (including phenoxy) is 1. The number of methoxy groups -OCH3 is 1. The first-order chi connectivity index (χ1) is 25.2. The summed E-state index contributed by atoms with van der Waals surface area (Å²) in [5.74, 6) is -0.507. The van der Waals surface area contributed by atoms with E-state index in [0.717, 1.165) is 18.4 Å². The molecule has 0 bridgehead atoms. The fourth-order valence-corrected chi connectivity index (χ4v) is 6.71. The topological polar surface area (TPSA) is 177 Å². The van der Waals surface area contributed by atoms with Crippen molar-refractivity contribution in [3.05, 3.63) is 65.5 Å². The van der Waals surface area contributed by atoms with E-state index in [4.69, 9.17) is 4.74 Å². The molecular formula is C40H61N7O7. The summed E-state index contributed by atoms with van der Waals surface area (Å²) >= 11 is 0. The number of urea groups is 1. The van der Waals surface area contributed by atoms with Crippen molar-refractivity contribution in [1.29, 1.82) is 0 Å². The van der Waals surface area contributed by atoms with Crippen molar-refractivity contribution in [3.63, 3.8) is 0 Å². The number of benzene rings is 1. The zero-order valence-electron chi connectivity index (χ0n) is 33.4. The van der Waals surface area contributed by atoms with Crippen LogP contribution in [0.4, 0.5) is 9.59 Å². The molecule has 2 aliphatic rings. The summed E-state index contributed by atoms with van der Waals surface area (Å²) in [6.45, 7) is 16.0. The number of pyridine rings is 1. The third kappa shape index (κ3) is 11.9. The second-order valence-electron chi connectivity index (χ2n) is 17.4. The Morgan fingerprint density at radius 2 is 1.59 bits per heavy atom. The van der Waals surface area contributed by atoms with Crippen LogP contribution in [0.3, 0.4) is 0 Å². The second-order valence-corrected chi connectivity index (χ2v) is 17.4. The van der Waals surface area contributed by atoms with Crippen LogP contribution in [0.15, 0.2) is 48.5 Å². The van der Waals surface area contributed by atoms with Gasteiger partial charge in [0.1, 0.15) is 17.7 Å². The van der Waals surface area contributed by atoms with E-state index in [0.29, 0.717) is 43.4 Å². The summed E-state index contributed by atoms with van der Waals surface area (Å²) in [6.07, 6.45) is 0.424. The lowest BCUT2D eigenvalue weighted by molar-refractivity contribution is -0.133. The molecule has 0 radical (unpaired) electrons. The summed E-state index contributed by atoms with van der Waals surface area (Å²) in [7, 11) is 1.24. The molecule has 2 heterocycles. The van der Waals surface area contributed by atoms with Gasteiger partial charge in [-0.25, -0.2) is 14.6 Å². The highest BCUT2D eigenvalue weighted by Crippen LogP contribution is 2.31. The highest BCUT2D eigenvalue weighted by molar-refractivity contribution is 5.89. The number of aromatic nitrogens is 1. The maximum Gasteiger partial charge on any atom is 0.407 e. The number of nitrogens with zero attached hydrogens (tertiary/aromatic N) is 4. The number of aliphatic hydroxyl groups is 2. The minimum atomic E-state index is -1.13. The Balaban J connectivity index is 1.54. The van der Waals surface area contributed by atoms with Gasteiger partial charge in [0.25, 0.3) is 5.91 Å². The summed E-state index contributed by atoms with van der Waals surface area (Å²) < 4.78 is 4.77. The first-order valence-corrected chi connectivity index (χ1v) is 18.8. The molecule has 5 N–H and O–H groups in total.